The summed E-state index contributed by atoms with van der Waals surface area (Å²) in [4.78, 5) is 7.66. The molecule has 0 atom stereocenters. The van der Waals surface area contributed by atoms with E-state index in [1.54, 1.807) is 12.3 Å². The van der Waals surface area contributed by atoms with Crippen LogP contribution in [0, 0.1) is 0 Å². The van der Waals surface area contributed by atoms with Gasteiger partial charge in [-0.15, -0.1) is 0 Å². The largest absolute Gasteiger partial charge is 0.384 e. The predicted molar refractivity (Wildman–Crippen MR) is 71.4 cm³/mol. The van der Waals surface area contributed by atoms with Gasteiger partial charge in [-0.05, 0) is 28.1 Å². The van der Waals surface area contributed by atoms with E-state index in [2.05, 4.69) is 30.6 Å². The van der Waals surface area contributed by atoms with E-state index in [1.807, 2.05) is 0 Å². The number of nitrogens with zero attached hydrogens (tertiary/aromatic N) is 2. The number of nitrogens with two attached hydrogens (primary N) is 1. The number of hydrogen-bond donors (Lipinski definition) is 2. The number of hydrogen-bond acceptors (Lipinski definition) is 5. The summed E-state index contributed by atoms with van der Waals surface area (Å²) >= 11 is 3.21. The fraction of sp³-hybridized carbons (Fsp3) is 0. The topological polar surface area (TPSA) is 98.0 Å². The molecule has 0 fully saturated rings. The van der Waals surface area contributed by atoms with Gasteiger partial charge in [-0.2, -0.15) is 0 Å². The van der Waals surface area contributed by atoms with E-state index in [-0.39, 0.29) is 10.7 Å². The van der Waals surface area contributed by atoms with Crippen LogP contribution < -0.4 is 10.5 Å². The van der Waals surface area contributed by atoms with Crippen LogP contribution in [0.25, 0.3) is 0 Å². The van der Waals surface area contributed by atoms with Gasteiger partial charge in [0.05, 0.1) is 16.8 Å². The second-order valence-electron chi connectivity index (χ2n) is 3.41. The average molecular weight is 329 g/mol. The Morgan fingerprint density at radius 1 is 1.28 bits per heavy atom. The number of nitrogen functional groups attached to an aromatic ring is 1. The normalized spacial score (nSPS) is 11.2. The summed E-state index contributed by atoms with van der Waals surface area (Å²) in [5, 5.41) is 0. The van der Waals surface area contributed by atoms with Crippen molar-refractivity contribution < 1.29 is 8.42 Å². The third kappa shape index (κ3) is 2.96. The lowest BCUT2D eigenvalue weighted by Gasteiger charge is -2.08. The number of nitrogens with one attached hydrogen (secondary N) is 1. The molecule has 94 valence electrons. The van der Waals surface area contributed by atoms with E-state index >= 15 is 0 Å². The lowest BCUT2D eigenvalue weighted by Crippen LogP contribution is -2.13. The fourth-order valence-electron chi connectivity index (χ4n) is 1.28. The monoisotopic (exact) mass is 328 g/mol. The molecule has 2 rings (SSSR count). The van der Waals surface area contributed by atoms with Crippen molar-refractivity contribution in [1.82, 2.24) is 9.97 Å². The van der Waals surface area contributed by atoms with Gasteiger partial charge in [0.1, 0.15) is 5.82 Å². The molecule has 0 amide bonds. The Morgan fingerprint density at radius 2 is 2.06 bits per heavy atom. The molecule has 0 saturated heterocycles. The van der Waals surface area contributed by atoms with Crippen molar-refractivity contribution >= 4 is 37.5 Å². The lowest BCUT2D eigenvalue weighted by atomic mass is 10.4. The van der Waals surface area contributed by atoms with E-state index in [4.69, 9.17) is 5.73 Å². The molecule has 3 N–H and O–H groups in total. The van der Waals surface area contributed by atoms with Crippen molar-refractivity contribution in [3.63, 3.8) is 0 Å². The highest BCUT2D eigenvalue weighted by atomic mass is 79.9. The molecule has 2 aromatic rings. The Morgan fingerprint density at radius 3 is 2.72 bits per heavy atom. The predicted octanol–water partition coefficient (Wildman–Crippen LogP) is 1.62. The molecule has 0 aliphatic heterocycles. The van der Waals surface area contributed by atoms with Crippen LogP contribution in [0.5, 0.6) is 0 Å². The summed E-state index contributed by atoms with van der Waals surface area (Å²) in [6.07, 6.45) is 4.30. The van der Waals surface area contributed by atoms with Crippen LogP contribution in [-0.2, 0) is 10.0 Å². The number of pyridine rings is 2. The summed E-state index contributed by atoms with van der Waals surface area (Å²) < 4.78 is 27.1. The second kappa shape index (κ2) is 4.91. The van der Waals surface area contributed by atoms with Gasteiger partial charge in [0.15, 0.2) is 0 Å². The lowest BCUT2D eigenvalue weighted by molar-refractivity contribution is 0.601. The van der Waals surface area contributed by atoms with Crippen molar-refractivity contribution in [1.29, 1.82) is 0 Å². The van der Waals surface area contributed by atoms with E-state index in [1.165, 1.54) is 24.5 Å². The third-order valence-corrected chi connectivity index (χ3v) is 3.83. The molecule has 2 aromatic heterocycles. The molecular formula is C10H9BrN4O2S. The maximum atomic E-state index is 12.0. The standard InChI is InChI=1S/C10H9BrN4O2S/c11-7-3-8(6-13-5-7)15-18(16,17)9-1-2-14-10(12)4-9/h1-6,15H,(H2,12,14). The minimum atomic E-state index is -3.68. The van der Waals surface area contributed by atoms with Crippen LogP contribution in [0.1, 0.15) is 0 Å². The molecule has 0 unspecified atom stereocenters. The van der Waals surface area contributed by atoms with Crippen LogP contribution in [0.3, 0.4) is 0 Å². The van der Waals surface area contributed by atoms with Gasteiger partial charge < -0.3 is 5.73 Å². The molecule has 6 nitrogen and oxygen atoms in total. The molecular weight excluding hydrogens is 320 g/mol. The maximum absolute atomic E-state index is 12.0. The molecule has 2 heterocycles. The van der Waals surface area contributed by atoms with Gasteiger partial charge in [0.25, 0.3) is 10.0 Å². The van der Waals surface area contributed by atoms with Gasteiger partial charge in [0, 0.05) is 22.9 Å². The van der Waals surface area contributed by atoms with Crippen molar-refractivity contribution in [3.05, 3.63) is 41.3 Å². The van der Waals surface area contributed by atoms with Crippen LogP contribution in [0.4, 0.5) is 11.5 Å². The van der Waals surface area contributed by atoms with Crippen molar-refractivity contribution in [2.75, 3.05) is 10.5 Å². The molecule has 0 spiro atoms. The fourth-order valence-corrected chi connectivity index (χ4v) is 2.70. The van der Waals surface area contributed by atoms with Gasteiger partial charge >= 0.3 is 0 Å². The Kier molecular flexibility index (Phi) is 3.48. The smallest absolute Gasteiger partial charge is 0.262 e. The minimum Gasteiger partial charge on any atom is -0.384 e. The van der Waals surface area contributed by atoms with E-state index < -0.39 is 10.0 Å². The zero-order valence-corrected chi connectivity index (χ0v) is 11.4. The van der Waals surface area contributed by atoms with E-state index in [9.17, 15) is 8.42 Å². The maximum Gasteiger partial charge on any atom is 0.262 e. The Balaban J connectivity index is 2.33. The van der Waals surface area contributed by atoms with Crippen LogP contribution in [0.15, 0.2) is 46.2 Å². The molecule has 0 aliphatic carbocycles. The first-order chi connectivity index (χ1) is 8.47. The van der Waals surface area contributed by atoms with Gasteiger partial charge in [-0.3, -0.25) is 9.71 Å². The van der Waals surface area contributed by atoms with Gasteiger partial charge in [0.2, 0.25) is 0 Å². The molecule has 0 bridgehead atoms. The molecule has 0 radical (unpaired) electrons. The van der Waals surface area contributed by atoms with Crippen LogP contribution in [0.2, 0.25) is 0 Å². The molecule has 0 saturated carbocycles. The van der Waals surface area contributed by atoms with E-state index in [0.29, 0.717) is 10.2 Å². The SMILES string of the molecule is Nc1cc(S(=O)(=O)Nc2cncc(Br)c2)ccn1. The highest BCUT2D eigenvalue weighted by Crippen LogP contribution is 2.18. The Hall–Kier alpha value is -1.67. The first kappa shape index (κ1) is 12.8. The zero-order chi connectivity index (χ0) is 13.2. The summed E-state index contributed by atoms with van der Waals surface area (Å²) in [5.74, 6) is 0.144. The molecule has 0 aromatic carbocycles. The number of halogens is 1. The Labute approximate surface area is 112 Å². The summed E-state index contributed by atoms with van der Waals surface area (Å²) in [6.45, 7) is 0. The number of aromatic nitrogens is 2. The highest BCUT2D eigenvalue weighted by Gasteiger charge is 2.14. The quantitative estimate of drug-likeness (QED) is 0.892. The van der Waals surface area contributed by atoms with Crippen LogP contribution in [-0.4, -0.2) is 18.4 Å². The molecule has 18 heavy (non-hydrogen) atoms. The minimum absolute atomic E-state index is 0.0509. The number of sulfonamides is 1. The first-order valence-corrected chi connectivity index (χ1v) is 7.10. The van der Waals surface area contributed by atoms with Gasteiger partial charge in [-0.25, -0.2) is 13.4 Å². The first-order valence-electron chi connectivity index (χ1n) is 4.82. The van der Waals surface area contributed by atoms with Crippen LogP contribution >= 0.6 is 15.9 Å². The zero-order valence-electron chi connectivity index (χ0n) is 9.04. The number of anilines is 2. The summed E-state index contributed by atoms with van der Waals surface area (Å²) in [5.41, 5.74) is 5.81. The van der Waals surface area contributed by atoms with Gasteiger partial charge in [-0.1, -0.05) is 0 Å². The molecule has 8 heteroatoms. The highest BCUT2D eigenvalue weighted by molar-refractivity contribution is 9.10. The third-order valence-electron chi connectivity index (χ3n) is 2.02. The summed E-state index contributed by atoms with van der Waals surface area (Å²) in [6, 6.07) is 4.26. The van der Waals surface area contributed by atoms with Crippen molar-refractivity contribution in [3.8, 4) is 0 Å². The van der Waals surface area contributed by atoms with Crippen molar-refractivity contribution in [2.24, 2.45) is 0 Å². The second-order valence-corrected chi connectivity index (χ2v) is 6.01. The Bertz CT molecular complexity index is 675. The van der Waals surface area contributed by atoms with E-state index in [0.717, 1.165) is 0 Å². The molecule has 0 aliphatic rings. The summed E-state index contributed by atoms with van der Waals surface area (Å²) in [7, 11) is -3.68. The van der Waals surface area contributed by atoms with Crippen molar-refractivity contribution in [2.45, 2.75) is 4.90 Å². The number of rotatable bonds is 3. The average Bonchev–Trinajstić information content (AvgIpc) is 2.28.